The molecule has 2 aliphatic carbocycles. The summed E-state index contributed by atoms with van der Waals surface area (Å²) in [5, 5.41) is 0. The third-order valence-corrected chi connectivity index (χ3v) is 6.28. The lowest BCUT2D eigenvalue weighted by Crippen LogP contribution is -2.31. The fourth-order valence-corrected chi connectivity index (χ4v) is 4.59. The first-order valence-electron chi connectivity index (χ1n) is 8.10. The molecule has 0 heterocycles. The van der Waals surface area contributed by atoms with E-state index in [1.54, 1.807) is 6.07 Å². The maximum Gasteiger partial charge on any atom is 0.140 e. The van der Waals surface area contributed by atoms with Crippen molar-refractivity contribution in [2.45, 2.75) is 51.4 Å². The van der Waals surface area contributed by atoms with Crippen LogP contribution in [0.3, 0.4) is 0 Å². The first kappa shape index (κ1) is 15.2. The average Bonchev–Trinajstić information content (AvgIpc) is 2.51. The molecule has 0 N–H and O–H groups in total. The second kappa shape index (κ2) is 6.60. The van der Waals surface area contributed by atoms with E-state index < -0.39 is 0 Å². The van der Waals surface area contributed by atoms with Crippen molar-refractivity contribution in [2.24, 2.45) is 17.8 Å². The Balaban J connectivity index is 1.64. The number of rotatable bonds is 3. The van der Waals surface area contributed by atoms with Crippen molar-refractivity contribution >= 4 is 21.7 Å². The van der Waals surface area contributed by atoms with Crippen molar-refractivity contribution in [3.05, 3.63) is 34.1 Å². The van der Waals surface area contributed by atoms with Crippen LogP contribution in [0.5, 0.6) is 0 Å². The van der Waals surface area contributed by atoms with Crippen molar-refractivity contribution in [1.29, 1.82) is 0 Å². The van der Waals surface area contributed by atoms with Crippen LogP contribution in [-0.2, 0) is 11.2 Å². The third-order valence-electron chi connectivity index (χ3n) is 5.39. The van der Waals surface area contributed by atoms with Crippen molar-refractivity contribution in [2.75, 3.05) is 0 Å². The molecule has 0 aliphatic heterocycles. The van der Waals surface area contributed by atoms with Gasteiger partial charge in [-0.25, -0.2) is 4.39 Å². The Labute approximate surface area is 134 Å². The number of benzene rings is 1. The maximum absolute atomic E-state index is 13.5. The Morgan fingerprint density at radius 2 is 1.90 bits per heavy atom. The summed E-state index contributed by atoms with van der Waals surface area (Å²) in [6, 6.07) is 4.95. The minimum Gasteiger partial charge on any atom is -0.299 e. The molecular formula is C18H22BrFO. The lowest BCUT2D eigenvalue weighted by atomic mass is 9.66. The van der Waals surface area contributed by atoms with E-state index >= 15 is 0 Å². The van der Waals surface area contributed by atoms with Crippen LogP contribution in [0.4, 0.5) is 4.39 Å². The van der Waals surface area contributed by atoms with Gasteiger partial charge < -0.3 is 0 Å². The lowest BCUT2D eigenvalue weighted by Gasteiger charge is -2.38. The zero-order chi connectivity index (χ0) is 14.8. The van der Waals surface area contributed by atoms with Gasteiger partial charge in [-0.1, -0.05) is 37.8 Å². The summed E-state index contributed by atoms with van der Waals surface area (Å²) in [6.45, 7) is 0. The van der Waals surface area contributed by atoms with Gasteiger partial charge in [0.15, 0.2) is 0 Å². The van der Waals surface area contributed by atoms with Gasteiger partial charge in [-0.05, 0) is 58.7 Å². The van der Waals surface area contributed by atoms with Gasteiger partial charge in [0, 0.05) is 12.3 Å². The number of ketones is 1. The Bertz CT molecular complexity index is 528. The van der Waals surface area contributed by atoms with Gasteiger partial charge in [-0.3, -0.25) is 4.79 Å². The quantitative estimate of drug-likeness (QED) is 0.720. The van der Waals surface area contributed by atoms with Gasteiger partial charge >= 0.3 is 0 Å². The van der Waals surface area contributed by atoms with Crippen LogP contribution >= 0.6 is 15.9 Å². The van der Waals surface area contributed by atoms with Gasteiger partial charge in [0.2, 0.25) is 0 Å². The highest BCUT2D eigenvalue weighted by Gasteiger charge is 2.34. The molecule has 0 aromatic heterocycles. The van der Waals surface area contributed by atoms with E-state index in [2.05, 4.69) is 15.9 Å². The molecule has 114 valence electrons. The second-order valence-electron chi connectivity index (χ2n) is 6.67. The van der Waals surface area contributed by atoms with Crippen molar-refractivity contribution in [3.63, 3.8) is 0 Å². The average molecular weight is 353 g/mol. The summed E-state index contributed by atoms with van der Waals surface area (Å²) >= 11 is 3.26. The van der Waals surface area contributed by atoms with E-state index in [1.165, 1.54) is 38.2 Å². The Hall–Kier alpha value is -0.700. The fourth-order valence-electron chi connectivity index (χ4n) is 4.18. The molecule has 1 aromatic rings. The number of carbonyl (C=O) groups excluding carboxylic acids is 1. The predicted octanol–water partition coefficient (Wildman–Crippen LogP) is 5.31. The monoisotopic (exact) mass is 352 g/mol. The lowest BCUT2D eigenvalue weighted by molar-refractivity contribution is -0.124. The number of halogens is 2. The van der Waals surface area contributed by atoms with Crippen LogP contribution < -0.4 is 0 Å². The van der Waals surface area contributed by atoms with Crippen LogP contribution in [0.1, 0.15) is 50.5 Å². The molecule has 3 heteroatoms. The minimum atomic E-state index is -0.281. The molecule has 0 bridgehead atoms. The Kier molecular flexibility index (Phi) is 4.78. The molecule has 2 fully saturated rings. The molecule has 0 saturated heterocycles. The van der Waals surface area contributed by atoms with Crippen LogP contribution in [0, 0.1) is 23.6 Å². The summed E-state index contributed by atoms with van der Waals surface area (Å²) in [6.07, 6.45) is 9.04. The molecule has 3 rings (SSSR count). The summed E-state index contributed by atoms with van der Waals surface area (Å²) in [7, 11) is 0. The first-order chi connectivity index (χ1) is 10.1. The van der Waals surface area contributed by atoms with Gasteiger partial charge in [-0.2, -0.15) is 0 Å². The van der Waals surface area contributed by atoms with E-state index in [-0.39, 0.29) is 11.7 Å². The Morgan fingerprint density at radius 3 is 2.71 bits per heavy atom. The van der Waals surface area contributed by atoms with Crippen LogP contribution in [0.25, 0.3) is 0 Å². The van der Waals surface area contributed by atoms with Gasteiger partial charge in [0.05, 0.1) is 4.47 Å². The topological polar surface area (TPSA) is 17.1 Å². The number of Topliss-reactive ketones (excluding diaryl/α,β-unsaturated/α-hetero) is 1. The summed E-state index contributed by atoms with van der Waals surface area (Å²) in [5.41, 5.74) is 0.783. The molecule has 3 unspecified atom stereocenters. The molecule has 1 nitrogen and oxygen atoms in total. The first-order valence-corrected chi connectivity index (χ1v) is 8.90. The summed E-state index contributed by atoms with van der Waals surface area (Å²) in [4.78, 5) is 12.6. The summed E-state index contributed by atoms with van der Waals surface area (Å²) < 4.78 is 14.0. The van der Waals surface area contributed by atoms with Crippen LogP contribution in [-0.4, -0.2) is 5.78 Å². The van der Waals surface area contributed by atoms with Gasteiger partial charge in [0.25, 0.3) is 0 Å². The normalized spacial score (nSPS) is 29.0. The smallest absolute Gasteiger partial charge is 0.140 e. The largest absolute Gasteiger partial charge is 0.299 e. The number of hydrogen-bond donors (Lipinski definition) is 0. The third kappa shape index (κ3) is 3.39. The van der Waals surface area contributed by atoms with Crippen molar-refractivity contribution < 1.29 is 9.18 Å². The van der Waals surface area contributed by atoms with E-state index in [4.69, 9.17) is 0 Å². The van der Waals surface area contributed by atoms with E-state index in [1.807, 2.05) is 6.07 Å². The maximum atomic E-state index is 13.5. The number of hydrogen-bond acceptors (Lipinski definition) is 1. The molecule has 0 radical (unpaired) electrons. The highest BCUT2D eigenvalue weighted by Crippen LogP contribution is 2.43. The standard InChI is InChI=1S/C18H22BrFO/c19-18-15(6-3-7-16(18)20)11-17(21)14-9-8-12-4-1-2-5-13(12)10-14/h3,6-7,12-14H,1-2,4-5,8-11H2. The molecule has 1 aromatic carbocycles. The van der Waals surface area contributed by atoms with E-state index in [0.717, 1.165) is 30.2 Å². The minimum absolute atomic E-state index is 0.194. The highest BCUT2D eigenvalue weighted by atomic mass is 79.9. The van der Waals surface area contributed by atoms with E-state index in [9.17, 15) is 9.18 Å². The number of carbonyl (C=O) groups is 1. The van der Waals surface area contributed by atoms with E-state index in [0.29, 0.717) is 16.7 Å². The molecule has 2 saturated carbocycles. The van der Waals surface area contributed by atoms with Crippen molar-refractivity contribution in [3.8, 4) is 0 Å². The van der Waals surface area contributed by atoms with Crippen LogP contribution in [0.2, 0.25) is 0 Å². The highest BCUT2D eigenvalue weighted by molar-refractivity contribution is 9.10. The van der Waals surface area contributed by atoms with Gasteiger partial charge in [-0.15, -0.1) is 0 Å². The van der Waals surface area contributed by atoms with Gasteiger partial charge in [0.1, 0.15) is 11.6 Å². The second-order valence-corrected chi connectivity index (χ2v) is 7.46. The molecule has 2 aliphatic rings. The zero-order valence-corrected chi connectivity index (χ0v) is 13.9. The zero-order valence-electron chi connectivity index (χ0n) is 12.3. The molecular weight excluding hydrogens is 331 g/mol. The molecule has 21 heavy (non-hydrogen) atoms. The summed E-state index contributed by atoms with van der Waals surface area (Å²) in [5.74, 6) is 1.84. The van der Waals surface area contributed by atoms with Crippen molar-refractivity contribution in [1.82, 2.24) is 0 Å². The fraction of sp³-hybridized carbons (Fsp3) is 0.611. The van der Waals surface area contributed by atoms with Crippen LogP contribution in [0.15, 0.2) is 22.7 Å². The molecule has 3 atom stereocenters. The number of fused-ring (bicyclic) bond motifs is 1. The predicted molar refractivity (Wildman–Crippen MR) is 85.6 cm³/mol. The Morgan fingerprint density at radius 1 is 1.14 bits per heavy atom. The SMILES string of the molecule is O=C(Cc1cccc(F)c1Br)C1CCC2CCCCC2C1. The molecule has 0 spiro atoms. The molecule has 0 amide bonds.